The van der Waals surface area contributed by atoms with Gasteiger partial charge in [-0.05, 0) is 30.5 Å². The van der Waals surface area contributed by atoms with E-state index in [9.17, 15) is 0 Å². The van der Waals surface area contributed by atoms with E-state index < -0.39 is 0 Å². The number of fused-ring (bicyclic) bond motifs is 1. The third kappa shape index (κ3) is 3.54. The molecule has 0 spiro atoms. The lowest BCUT2D eigenvalue weighted by Gasteiger charge is -2.20. The van der Waals surface area contributed by atoms with E-state index in [1.165, 1.54) is 5.56 Å². The van der Waals surface area contributed by atoms with Gasteiger partial charge in [0, 0.05) is 45.3 Å². The second-order valence-electron chi connectivity index (χ2n) is 6.87. The first-order valence-electron chi connectivity index (χ1n) is 9.24. The monoisotopic (exact) mass is 358 g/mol. The van der Waals surface area contributed by atoms with Crippen molar-refractivity contribution >= 4 is 0 Å². The SMILES string of the molecule is COc1cc(CN2CCc3nnc(C4CCCO4)n3CC2)cc(OC)c1. The summed E-state index contributed by atoms with van der Waals surface area (Å²) in [6.45, 7) is 4.52. The molecule has 3 heterocycles. The average Bonchev–Trinajstić information content (AvgIpc) is 3.29. The van der Waals surface area contributed by atoms with Gasteiger partial charge in [0.25, 0.3) is 0 Å². The molecule has 1 aromatic carbocycles. The highest BCUT2D eigenvalue weighted by atomic mass is 16.5. The van der Waals surface area contributed by atoms with Crippen molar-refractivity contribution in [2.24, 2.45) is 0 Å². The molecule has 0 radical (unpaired) electrons. The molecule has 1 atom stereocenters. The summed E-state index contributed by atoms with van der Waals surface area (Å²) < 4.78 is 18.9. The summed E-state index contributed by atoms with van der Waals surface area (Å²) in [5, 5.41) is 8.84. The third-order valence-corrected chi connectivity index (χ3v) is 5.18. The molecule has 0 aliphatic carbocycles. The maximum absolute atomic E-state index is 5.81. The van der Waals surface area contributed by atoms with Crippen molar-refractivity contribution in [2.45, 2.75) is 38.5 Å². The lowest BCUT2D eigenvalue weighted by atomic mass is 10.2. The first kappa shape index (κ1) is 17.3. The van der Waals surface area contributed by atoms with Crippen molar-refractivity contribution in [3.63, 3.8) is 0 Å². The van der Waals surface area contributed by atoms with Crippen LogP contribution >= 0.6 is 0 Å². The number of rotatable bonds is 5. The highest BCUT2D eigenvalue weighted by Crippen LogP contribution is 2.28. The van der Waals surface area contributed by atoms with E-state index in [4.69, 9.17) is 14.2 Å². The van der Waals surface area contributed by atoms with Gasteiger partial charge >= 0.3 is 0 Å². The van der Waals surface area contributed by atoms with Gasteiger partial charge in [-0.1, -0.05) is 0 Å². The molecule has 0 bridgehead atoms. The van der Waals surface area contributed by atoms with Crippen molar-refractivity contribution in [1.82, 2.24) is 19.7 Å². The molecule has 26 heavy (non-hydrogen) atoms. The average molecular weight is 358 g/mol. The van der Waals surface area contributed by atoms with Gasteiger partial charge in [0.15, 0.2) is 5.82 Å². The molecule has 7 nitrogen and oxygen atoms in total. The van der Waals surface area contributed by atoms with Crippen LogP contribution in [0.1, 0.15) is 36.2 Å². The molecule has 0 amide bonds. The van der Waals surface area contributed by atoms with E-state index >= 15 is 0 Å². The first-order valence-corrected chi connectivity index (χ1v) is 9.24. The number of hydrogen-bond donors (Lipinski definition) is 0. The van der Waals surface area contributed by atoms with Crippen LogP contribution < -0.4 is 9.47 Å². The topological polar surface area (TPSA) is 61.6 Å². The summed E-state index contributed by atoms with van der Waals surface area (Å²) in [4.78, 5) is 2.45. The zero-order valence-corrected chi connectivity index (χ0v) is 15.5. The van der Waals surface area contributed by atoms with Crippen molar-refractivity contribution < 1.29 is 14.2 Å². The Balaban J connectivity index is 1.46. The minimum Gasteiger partial charge on any atom is -0.497 e. The summed E-state index contributed by atoms with van der Waals surface area (Å²) in [6.07, 6.45) is 3.17. The molecule has 1 saturated heterocycles. The van der Waals surface area contributed by atoms with Gasteiger partial charge in [-0.2, -0.15) is 0 Å². The maximum atomic E-state index is 5.81. The van der Waals surface area contributed by atoms with E-state index in [1.54, 1.807) is 14.2 Å². The number of ether oxygens (including phenoxy) is 3. The second kappa shape index (κ2) is 7.63. The fourth-order valence-electron chi connectivity index (χ4n) is 3.78. The molecule has 4 rings (SSSR count). The van der Waals surface area contributed by atoms with Gasteiger partial charge in [-0.3, -0.25) is 4.90 Å². The fraction of sp³-hybridized carbons (Fsp3) is 0.579. The van der Waals surface area contributed by atoms with Crippen molar-refractivity contribution in [2.75, 3.05) is 33.9 Å². The third-order valence-electron chi connectivity index (χ3n) is 5.18. The minimum atomic E-state index is 0.116. The van der Waals surface area contributed by atoms with E-state index in [0.717, 1.165) is 75.2 Å². The van der Waals surface area contributed by atoms with Crippen molar-refractivity contribution in [1.29, 1.82) is 0 Å². The normalized spacial score (nSPS) is 20.6. The number of aromatic nitrogens is 3. The number of methoxy groups -OCH3 is 2. The van der Waals surface area contributed by atoms with Crippen LogP contribution in [-0.4, -0.2) is 53.6 Å². The van der Waals surface area contributed by atoms with Crippen molar-refractivity contribution in [3.05, 3.63) is 35.4 Å². The van der Waals surface area contributed by atoms with Crippen LogP contribution in [0.5, 0.6) is 11.5 Å². The van der Waals surface area contributed by atoms with E-state index in [2.05, 4.69) is 31.8 Å². The minimum absolute atomic E-state index is 0.116. The summed E-state index contributed by atoms with van der Waals surface area (Å²) in [7, 11) is 3.37. The maximum Gasteiger partial charge on any atom is 0.162 e. The Morgan fingerprint density at radius 3 is 2.58 bits per heavy atom. The molecule has 1 unspecified atom stereocenters. The van der Waals surface area contributed by atoms with Gasteiger partial charge in [-0.15, -0.1) is 10.2 Å². The van der Waals surface area contributed by atoms with Crippen LogP contribution in [0.4, 0.5) is 0 Å². The van der Waals surface area contributed by atoms with Gasteiger partial charge < -0.3 is 18.8 Å². The summed E-state index contributed by atoms with van der Waals surface area (Å²) in [5.74, 6) is 3.72. The zero-order valence-electron chi connectivity index (χ0n) is 15.5. The zero-order chi connectivity index (χ0) is 17.9. The standard InChI is InChI=1S/C19H26N4O3/c1-24-15-10-14(11-16(12-15)25-2)13-22-6-5-18-20-21-19(23(18)8-7-22)17-4-3-9-26-17/h10-12,17H,3-9,13H2,1-2H3. The molecule has 140 valence electrons. The fourth-order valence-corrected chi connectivity index (χ4v) is 3.78. The lowest BCUT2D eigenvalue weighted by molar-refractivity contribution is 0.101. The Kier molecular flexibility index (Phi) is 5.08. The molecule has 2 aromatic rings. The summed E-state index contributed by atoms with van der Waals surface area (Å²) in [6, 6.07) is 6.05. The number of nitrogens with zero attached hydrogens (tertiary/aromatic N) is 4. The highest BCUT2D eigenvalue weighted by molar-refractivity contribution is 5.38. The van der Waals surface area contributed by atoms with Crippen LogP contribution in [0.25, 0.3) is 0 Å². The van der Waals surface area contributed by atoms with Crippen molar-refractivity contribution in [3.8, 4) is 11.5 Å². The molecular formula is C19H26N4O3. The molecule has 2 aliphatic heterocycles. The molecule has 2 aliphatic rings. The largest absolute Gasteiger partial charge is 0.497 e. The molecule has 1 aromatic heterocycles. The Morgan fingerprint density at radius 2 is 1.88 bits per heavy atom. The molecule has 0 N–H and O–H groups in total. The first-order chi connectivity index (χ1) is 12.8. The molecule has 7 heteroatoms. The van der Waals surface area contributed by atoms with Crippen LogP contribution in [0, 0.1) is 0 Å². The van der Waals surface area contributed by atoms with E-state index in [0.29, 0.717) is 0 Å². The molecular weight excluding hydrogens is 332 g/mol. The predicted molar refractivity (Wildman–Crippen MR) is 96.5 cm³/mol. The molecule has 1 fully saturated rings. The van der Waals surface area contributed by atoms with Crippen LogP contribution in [0.3, 0.4) is 0 Å². The highest BCUT2D eigenvalue weighted by Gasteiger charge is 2.27. The number of hydrogen-bond acceptors (Lipinski definition) is 6. The van der Waals surface area contributed by atoms with Crippen LogP contribution in [0.2, 0.25) is 0 Å². The second-order valence-corrected chi connectivity index (χ2v) is 6.87. The summed E-state index contributed by atoms with van der Waals surface area (Å²) in [5.41, 5.74) is 1.19. The van der Waals surface area contributed by atoms with Gasteiger partial charge in [-0.25, -0.2) is 0 Å². The Hall–Kier alpha value is -2.12. The Labute approximate surface area is 153 Å². The van der Waals surface area contributed by atoms with Crippen LogP contribution in [-0.2, 0) is 24.2 Å². The smallest absolute Gasteiger partial charge is 0.162 e. The Bertz CT molecular complexity index is 733. The quantitative estimate of drug-likeness (QED) is 0.817. The van der Waals surface area contributed by atoms with Gasteiger partial charge in [0.05, 0.1) is 14.2 Å². The van der Waals surface area contributed by atoms with Crippen LogP contribution in [0.15, 0.2) is 18.2 Å². The van der Waals surface area contributed by atoms with E-state index in [-0.39, 0.29) is 6.10 Å². The predicted octanol–water partition coefficient (Wildman–Crippen LogP) is 2.21. The molecule has 0 saturated carbocycles. The number of benzene rings is 1. The van der Waals surface area contributed by atoms with E-state index in [1.807, 2.05) is 6.07 Å². The lowest BCUT2D eigenvalue weighted by Crippen LogP contribution is -2.27. The summed E-state index contributed by atoms with van der Waals surface area (Å²) >= 11 is 0. The van der Waals surface area contributed by atoms with Gasteiger partial charge in [0.1, 0.15) is 23.4 Å². The van der Waals surface area contributed by atoms with Gasteiger partial charge in [0.2, 0.25) is 0 Å². The Morgan fingerprint density at radius 1 is 1.08 bits per heavy atom.